The van der Waals surface area contributed by atoms with Gasteiger partial charge in [0.2, 0.25) is 9.84 Å². The number of imidazole rings is 1. The minimum Gasteiger partial charge on any atom is -0.294 e. The van der Waals surface area contributed by atoms with Crippen molar-refractivity contribution in [1.82, 2.24) is 9.38 Å². The lowest BCUT2D eigenvalue weighted by Gasteiger charge is -2.02. The average molecular weight is 398 g/mol. The maximum absolute atomic E-state index is 12.7. The van der Waals surface area contributed by atoms with E-state index in [1.807, 2.05) is 35.6 Å². The van der Waals surface area contributed by atoms with Gasteiger partial charge in [0.1, 0.15) is 0 Å². The quantitative estimate of drug-likeness (QED) is 0.624. The summed E-state index contributed by atoms with van der Waals surface area (Å²) in [5, 5.41) is 0.103. The molecule has 3 aromatic rings. The highest BCUT2D eigenvalue weighted by atomic mass is 127. The topological polar surface area (TPSA) is 51.4 Å². The Morgan fingerprint density at radius 2 is 1.80 bits per heavy atom. The molecular formula is C14H11IN2O2S. The molecule has 0 fully saturated rings. The van der Waals surface area contributed by atoms with E-state index in [-0.39, 0.29) is 9.92 Å². The lowest BCUT2D eigenvalue weighted by Crippen LogP contribution is -2.03. The van der Waals surface area contributed by atoms with Crippen LogP contribution in [0.15, 0.2) is 58.6 Å². The van der Waals surface area contributed by atoms with Gasteiger partial charge in [-0.2, -0.15) is 0 Å². The van der Waals surface area contributed by atoms with Gasteiger partial charge in [-0.1, -0.05) is 23.8 Å². The Labute approximate surface area is 130 Å². The van der Waals surface area contributed by atoms with E-state index < -0.39 is 9.84 Å². The lowest BCUT2D eigenvalue weighted by molar-refractivity contribution is 0.594. The Hall–Kier alpha value is -1.41. The van der Waals surface area contributed by atoms with Gasteiger partial charge in [0.25, 0.3) is 0 Å². The molecule has 0 aliphatic rings. The van der Waals surface area contributed by atoms with E-state index in [0.29, 0.717) is 9.35 Å². The van der Waals surface area contributed by atoms with E-state index in [9.17, 15) is 8.42 Å². The molecule has 0 aliphatic carbocycles. The van der Waals surface area contributed by atoms with E-state index in [1.54, 1.807) is 47.0 Å². The van der Waals surface area contributed by atoms with Crippen LogP contribution in [0.2, 0.25) is 0 Å². The van der Waals surface area contributed by atoms with Gasteiger partial charge in [0, 0.05) is 28.8 Å². The molecule has 0 bridgehead atoms. The fourth-order valence-electron chi connectivity index (χ4n) is 2.00. The number of nitrogens with zero attached hydrogens (tertiary/aromatic N) is 2. The molecule has 6 heteroatoms. The molecule has 0 unspecified atom stereocenters. The van der Waals surface area contributed by atoms with E-state index in [0.717, 1.165) is 5.56 Å². The summed E-state index contributed by atoms with van der Waals surface area (Å²) >= 11 is 2.03. The Morgan fingerprint density at radius 3 is 2.50 bits per heavy atom. The second kappa shape index (κ2) is 4.85. The predicted octanol–water partition coefficient (Wildman–Crippen LogP) is 3.08. The first-order valence-electron chi connectivity index (χ1n) is 5.94. The fourth-order valence-corrected chi connectivity index (χ4v) is 4.19. The molecule has 0 spiro atoms. The van der Waals surface area contributed by atoms with Crippen LogP contribution in [0.3, 0.4) is 0 Å². The number of sulfone groups is 1. The number of aromatic nitrogens is 2. The van der Waals surface area contributed by atoms with Crippen LogP contribution in [0.5, 0.6) is 0 Å². The maximum atomic E-state index is 12.7. The van der Waals surface area contributed by atoms with Gasteiger partial charge >= 0.3 is 0 Å². The van der Waals surface area contributed by atoms with Crippen LogP contribution < -0.4 is 0 Å². The van der Waals surface area contributed by atoms with Gasteiger partial charge in [-0.15, -0.1) is 0 Å². The van der Waals surface area contributed by atoms with Gasteiger partial charge in [-0.05, 0) is 31.2 Å². The summed E-state index contributed by atoms with van der Waals surface area (Å²) in [6.07, 6.45) is 1.80. The highest BCUT2D eigenvalue weighted by Crippen LogP contribution is 2.25. The maximum Gasteiger partial charge on any atom is 0.226 e. The van der Waals surface area contributed by atoms with Crippen LogP contribution in [-0.2, 0) is 9.84 Å². The summed E-state index contributed by atoms with van der Waals surface area (Å²) in [5.41, 5.74) is 1.62. The Morgan fingerprint density at radius 1 is 1.10 bits per heavy atom. The van der Waals surface area contributed by atoms with Crippen LogP contribution >= 0.6 is 22.6 Å². The molecule has 0 amide bonds. The molecule has 0 atom stereocenters. The Balaban J connectivity index is 2.27. The third-order valence-corrected chi connectivity index (χ3v) is 5.52. The van der Waals surface area contributed by atoms with E-state index in [4.69, 9.17) is 0 Å². The normalized spacial score (nSPS) is 11.9. The fraction of sp³-hybridized carbons (Fsp3) is 0.0714. The summed E-state index contributed by atoms with van der Waals surface area (Å²) in [4.78, 5) is 4.49. The van der Waals surface area contributed by atoms with Crippen molar-refractivity contribution in [3.05, 3.63) is 58.1 Å². The zero-order valence-electron chi connectivity index (χ0n) is 10.6. The molecule has 102 valence electrons. The van der Waals surface area contributed by atoms with Crippen molar-refractivity contribution in [2.45, 2.75) is 16.8 Å². The largest absolute Gasteiger partial charge is 0.294 e. The van der Waals surface area contributed by atoms with Gasteiger partial charge in [-0.25, -0.2) is 13.4 Å². The van der Waals surface area contributed by atoms with Crippen molar-refractivity contribution in [1.29, 1.82) is 0 Å². The third kappa shape index (κ3) is 2.12. The first kappa shape index (κ1) is 13.6. The number of rotatable bonds is 2. The van der Waals surface area contributed by atoms with E-state index in [2.05, 4.69) is 4.98 Å². The molecule has 0 N–H and O–H groups in total. The Bertz CT molecular complexity index is 883. The first-order valence-corrected chi connectivity index (χ1v) is 8.51. The molecule has 1 aromatic carbocycles. The molecule has 2 heterocycles. The number of halogens is 1. The smallest absolute Gasteiger partial charge is 0.226 e. The summed E-state index contributed by atoms with van der Waals surface area (Å²) in [6.45, 7) is 1.92. The second-order valence-corrected chi connectivity index (χ2v) is 7.29. The predicted molar refractivity (Wildman–Crippen MR) is 84.5 cm³/mol. The zero-order valence-corrected chi connectivity index (χ0v) is 13.6. The van der Waals surface area contributed by atoms with Crippen molar-refractivity contribution >= 4 is 37.9 Å². The SMILES string of the molecule is Cc1ccc(S(=O)(=O)c2nc(I)n3ccccc23)cc1. The number of benzene rings is 1. The average Bonchev–Trinajstić information content (AvgIpc) is 2.78. The summed E-state index contributed by atoms with van der Waals surface area (Å²) in [7, 11) is -3.60. The van der Waals surface area contributed by atoms with Crippen LogP contribution in [0.4, 0.5) is 0 Å². The minimum absolute atomic E-state index is 0.103. The monoisotopic (exact) mass is 398 g/mol. The highest BCUT2D eigenvalue weighted by molar-refractivity contribution is 14.1. The highest BCUT2D eigenvalue weighted by Gasteiger charge is 2.24. The van der Waals surface area contributed by atoms with Crippen LogP contribution in [-0.4, -0.2) is 17.8 Å². The minimum atomic E-state index is -3.60. The van der Waals surface area contributed by atoms with Crippen LogP contribution in [0, 0.1) is 10.8 Å². The zero-order chi connectivity index (χ0) is 14.3. The standard InChI is InChI=1S/C14H11IN2O2S/c1-10-5-7-11(8-6-10)20(18,19)13-12-4-2-3-9-17(12)14(15)16-13/h2-9H,1H3. The van der Waals surface area contributed by atoms with E-state index in [1.165, 1.54) is 0 Å². The summed E-state index contributed by atoms with van der Waals surface area (Å²) < 4.78 is 27.8. The molecule has 0 radical (unpaired) electrons. The number of pyridine rings is 1. The molecule has 0 saturated carbocycles. The number of hydrogen-bond donors (Lipinski definition) is 0. The van der Waals surface area contributed by atoms with Gasteiger partial charge < -0.3 is 0 Å². The van der Waals surface area contributed by atoms with Gasteiger partial charge in [0.05, 0.1) is 10.4 Å². The van der Waals surface area contributed by atoms with Crippen LogP contribution in [0.1, 0.15) is 5.56 Å². The lowest BCUT2D eigenvalue weighted by atomic mass is 10.2. The van der Waals surface area contributed by atoms with Gasteiger partial charge in [0.15, 0.2) is 8.86 Å². The summed E-state index contributed by atoms with van der Waals surface area (Å²) in [5.74, 6) is 0. The summed E-state index contributed by atoms with van der Waals surface area (Å²) in [6, 6.07) is 12.2. The molecule has 2 aromatic heterocycles. The van der Waals surface area contributed by atoms with Crippen molar-refractivity contribution < 1.29 is 8.42 Å². The van der Waals surface area contributed by atoms with E-state index >= 15 is 0 Å². The number of aryl methyl sites for hydroxylation is 1. The third-order valence-electron chi connectivity index (χ3n) is 3.06. The molecule has 20 heavy (non-hydrogen) atoms. The Kier molecular flexibility index (Phi) is 3.29. The molecule has 0 saturated heterocycles. The van der Waals surface area contributed by atoms with Crippen molar-refractivity contribution in [2.24, 2.45) is 0 Å². The molecule has 0 aliphatic heterocycles. The van der Waals surface area contributed by atoms with Crippen molar-refractivity contribution in [2.75, 3.05) is 0 Å². The molecule has 4 nitrogen and oxygen atoms in total. The second-order valence-electron chi connectivity index (χ2n) is 4.46. The molecule has 3 rings (SSSR count). The number of hydrogen-bond acceptors (Lipinski definition) is 3. The van der Waals surface area contributed by atoms with Crippen LogP contribution in [0.25, 0.3) is 5.52 Å². The van der Waals surface area contributed by atoms with Crippen molar-refractivity contribution in [3.63, 3.8) is 0 Å². The number of fused-ring (bicyclic) bond motifs is 1. The molecular weight excluding hydrogens is 387 g/mol. The first-order chi connectivity index (χ1) is 9.50. The van der Waals surface area contributed by atoms with Crippen molar-refractivity contribution in [3.8, 4) is 0 Å². The van der Waals surface area contributed by atoms with Gasteiger partial charge in [-0.3, -0.25) is 4.40 Å².